The van der Waals surface area contributed by atoms with Crippen LogP contribution in [0.1, 0.15) is 29.7 Å². The van der Waals surface area contributed by atoms with Gasteiger partial charge in [0.05, 0.1) is 6.20 Å². The average Bonchev–Trinajstić information content (AvgIpc) is 3.34. The van der Waals surface area contributed by atoms with E-state index in [4.69, 9.17) is 9.15 Å². The van der Waals surface area contributed by atoms with Gasteiger partial charge < -0.3 is 24.1 Å². The molecule has 2 aromatic heterocycles. The summed E-state index contributed by atoms with van der Waals surface area (Å²) < 4.78 is 50.6. The number of oxazole rings is 1. The first-order valence-electron chi connectivity index (χ1n) is 8.79. The SMILES string of the molecule is C/C=C\NC1CCN(C(=O)c2coc(COc3ccc(OC(F)(F)F)nc3)n2)C1. The molecule has 2 aromatic rings. The second-order valence-electron chi connectivity index (χ2n) is 6.20. The molecule has 1 amide bonds. The number of hydrogen-bond acceptors (Lipinski definition) is 7. The maximum Gasteiger partial charge on any atom is 0.574 e. The van der Waals surface area contributed by atoms with Gasteiger partial charge in [-0.05, 0) is 25.6 Å². The minimum Gasteiger partial charge on any atom is -0.482 e. The Morgan fingerprint density at radius 1 is 1.45 bits per heavy atom. The Morgan fingerprint density at radius 3 is 2.97 bits per heavy atom. The van der Waals surface area contributed by atoms with E-state index in [-0.39, 0.29) is 35.9 Å². The molecular formula is C18H19F3N4O4. The molecule has 1 unspecified atom stereocenters. The van der Waals surface area contributed by atoms with Crippen molar-refractivity contribution in [2.45, 2.75) is 32.4 Å². The highest BCUT2D eigenvalue weighted by atomic mass is 19.4. The standard InChI is InChI=1S/C18H19F3N4O4/c1-2-6-22-12-5-7-25(9-12)17(26)14-10-28-16(24-14)11-27-13-3-4-15(23-8-13)29-18(19,20)21/h2-4,6,8,10,12,22H,5,7,9,11H2,1H3/b6-2-. The lowest BCUT2D eigenvalue weighted by Gasteiger charge is -2.14. The van der Waals surface area contributed by atoms with Crippen molar-refractivity contribution < 1.29 is 31.9 Å². The van der Waals surface area contributed by atoms with Gasteiger partial charge in [-0.1, -0.05) is 6.08 Å². The van der Waals surface area contributed by atoms with Gasteiger partial charge in [-0.15, -0.1) is 13.2 Å². The highest BCUT2D eigenvalue weighted by Gasteiger charge is 2.31. The Balaban J connectivity index is 1.51. The lowest BCUT2D eigenvalue weighted by molar-refractivity contribution is -0.276. The molecule has 0 aliphatic carbocycles. The van der Waals surface area contributed by atoms with E-state index in [0.717, 1.165) is 18.7 Å². The number of alkyl halides is 3. The maximum absolute atomic E-state index is 12.5. The van der Waals surface area contributed by atoms with Gasteiger partial charge in [-0.25, -0.2) is 9.97 Å². The van der Waals surface area contributed by atoms with Crippen molar-refractivity contribution in [2.24, 2.45) is 0 Å². The van der Waals surface area contributed by atoms with Gasteiger partial charge in [0.1, 0.15) is 12.0 Å². The number of likely N-dealkylation sites (tertiary alicyclic amines) is 1. The number of allylic oxidation sites excluding steroid dienone is 1. The average molecular weight is 412 g/mol. The molecule has 3 heterocycles. The van der Waals surface area contributed by atoms with E-state index in [9.17, 15) is 18.0 Å². The third kappa shape index (κ3) is 5.87. The first-order chi connectivity index (χ1) is 13.8. The van der Waals surface area contributed by atoms with Crippen LogP contribution in [0.2, 0.25) is 0 Å². The molecule has 1 aliphatic heterocycles. The number of rotatable bonds is 7. The third-order valence-corrected chi connectivity index (χ3v) is 4.04. The number of amides is 1. The fourth-order valence-electron chi connectivity index (χ4n) is 2.73. The molecule has 0 spiro atoms. The molecule has 0 radical (unpaired) electrons. The Kier molecular flexibility index (Phi) is 6.25. The highest BCUT2D eigenvalue weighted by Crippen LogP contribution is 2.22. The minimum atomic E-state index is -4.81. The lowest BCUT2D eigenvalue weighted by atomic mass is 10.3. The summed E-state index contributed by atoms with van der Waals surface area (Å²) in [5, 5.41) is 3.21. The van der Waals surface area contributed by atoms with Crippen LogP contribution in [-0.4, -0.2) is 46.3 Å². The van der Waals surface area contributed by atoms with Gasteiger partial charge in [0.25, 0.3) is 5.91 Å². The van der Waals surface area contributed by atoms with Gasteiger partial charge in [-0.2, -0.15) is 0 Å². The van der Waals surface area contributed by atoms with Crippen molar-refractivity contribution in [1.29, 1.82) is 0 Å². The largest absolute Gasteiger partial charge is 0.574 e. The Labute approximate surface area is 164 Å². The topological polar surface area (TPSA) is 89.7 Å². The van der Waals surface area contributed by atoms with Crippen LogP contribution in [0.4, 0.5) is 13.2 Å². The molecule has 1 aliphatic rings. The fourth-order valence-corrected chi connectivity index (χ4v) is 2.73. The quantitative estimate of drug-likeness (QED) is 0.748. The van der Waals surface area contributed by atoms with Crippen LogP contribution >= 0.6 is 0 Å². The molecule has 1 fully saturated rings. The Hall–Kier alpha value is -3.24. The van der Waals surface area contributed by atoms with E-state index in [1.807, 2.05) is 19.2 Å². The molecule has 1 atom stereocenters. The van der Waals surface area contributed by atoms with Crippen molar-refractivity contribution in [2.75, 3.05) is 13.1 Å². The maximum atomic E-state index is 12.5. The number of aromatic nitrogens is 2. The molecule has 3 rings (SSSR count). The summed E-state index contributed by atoms with van der Waals surface area (Å²) >= 11 is 0. The predicted molar refractivity (Wildman–Crippen MR) is 94.0 cm³/mol. The third-order valence-electron chi connectivity index (χ3n) is 4.04. The van der Waals surface area contributed by atoms with E-state index in [1.54, 1.807) is 4.90 Å². The molecular weight excluding hydrogens is 393 g/mol. The van der Waals surface area contributed by atoms with Gasteiger partial charge >= 0.3 is 6.36 Å². The molecule has 0 aromatic carbocycles. The highest BCUT2D eigenvalue weighted by molar-refractivity contribution is 5.92. The summed E-state index contributed by atoms with van der Waals surface area (Å²) in [5.41, 5.74) is 0.169. The first-order valence-corrected chi connectivity index (χ1v) is 8.79. The summed E-state index contributed by atoms with van der Waals surface area (Å²) in [6, 6.07) is 2.49. The number of ether oxygens (including phenoxy) is 2. The summed E-state index contributed by atoms with van der Waals surface area (Å²) in [6.45, 7) is 2.98. The normalized spacial score (nSPS) is 17.0. The number of carbonyl (C=O) groups is 1. The lowest BCUT2D eigenvalue weighted by Crippen LogP contribution is -2.33. The van der Waals surface area contributed by atoms with Crippen LogP contribution in [0.3, 0.4) is 0 Å². The molecule has 0 saturated carbocycles. The van der Waals surface area contributed by atoms with E-state index in [2.05, 4.69) is 20.0 Å². The fraction of sp³-hybridized carbons (Fsp3) is 0.389. The summed E-state index contributed by atoms with van der Waals surface area (Å²) in [7, 11) is 0. The summed E-state index contributed by atoms with van der Waals surface area (Å²) in [5.74, 6) is -0.475. The zero-order chi connectivity index (χ0) is 20.9. The molecule has 1 saturated heterocycles. The van der Waals surface area contributed by atoms with E-state index in [0.29, 0.717) is 13.1 Å². The van der Waals surface area contributed by atoms with Crippen LogP contribution in [-0.2, 0) is 6.61 Å². The molecule has 1 N–H and O–H groups in total. The summed E-state index contributed by atoms with van der Waals surface area (Å²) in [4.78, 5) is 21.8. The van der Waals surface area contributed by atoms with Gasteiger partial charge in [0, 0.05) is 25.2 Å². The van der Waals surface area contributed by atoms with Gasteiger partial charge in [-0.3, -0.25) is 4.79 Å². The first kappa shape index (κ1) is 20.5. The summed E-state index contributed by atoms with van der Waals surface area (Å²) in [6.07, 6.45) is 2.10. The molecule has 0 bridgehead atoms. The van der Waals surface area contributed by atoms with Crippen LogP contribution < -0.4 is 14.8 Å². The molecule has 156 valence electrons. The van der Waals surface area contributed by atoms with Crippen LogP contribution in [0.25, 0.3) is 0 Å². The van der Waals surface area contributed by atoms with Crippen molar-refractivity contribution >= 4 is 5.91 Å². The van der Waals surface area contributed by atoms with Crippen molar-refractivity contribution in [3.63, 3.8) is 0 Å². The smallest absolute Gasteiger partial charge is 0.482 e. The number of nitrogens with one attached hydrogen (secondary N) is 1. The second kappa shape index (κ2) is 8.84. The number of hydrogen-bond donors (Lipinski definition) is 1. The Morgan fingerprint density at radius 2 is 2.28 bits per heavy atom. The predicted octanol–water partition coefficient (Wildman–Crippen LogP) is 2.88. The zero-order valence-electron chi connectivity index (χ0n) is 15.5. The van der Waals surface area contributed by atoms with Crippen LogP contribution in [0.5, 0.6) is 11.6 Å². The monoisotopic (exact) mass is 412 g/mol. The number of halogens is 3. The van der Waals surface area contributed by atoms with Crippen LogP contribution in [0.15, 0.2) is 41.3 Å². The Bertz CT molecular complexity index is 852. The number of pyridine rings is 1. The van der Waals surface area contributed by atoms with Crippen molar-refractivity contribution in [1.82, 2.24) is 20.2 Å². The van der Waals surface area contributed by atoms with E-state index in [1.165, 1.54) is 12.3 Å². The van der Waals surface area contributed by atoms with Crippen molar-refractivity contribution in [3.05, 3.63) is 48.5 Å². The van der Waals surface area contributed by atoms with Gasteiger partial charge in [0.15, 0.2) is 12.3 Å². The van der Waals surface area contributed by atoms with E-state index >= 15 is 0 Å². The zero-order valence-corrected chi connectivity index (χ0v) is 15.5. The molecule has 29 heavy (non-hydrogen) atoms. The molecule has 8 nitrogen and oxygen atoms in total. The number of nitrogens with zero attached hydrogens (tertiary/aromatic N) is 3. The minimum absolute atomic E-state index is 0.111. The second-order valence-corrected chi connectivity index (χ2v) is 6.20. The molecule has 11 heteroatoms. The van der Waals surface area contributed by atoms with E-state index < -0.39 is 12.2 Å². The number of carbonyl (C=O) groups excluding carboxylic acids is 1. The van der Waals surface area contributed by atoms with Crippen LogP contribution in [0, 0.1) is 0 Å². The van der Waals surface area contributed by atoms with Crippen molar-refractivity contribution in [3.8, 4) is 11.6 Å². The van der Waals surface area contributed by atoms with Gasteiger partial charge in [0.2, 0.25) is 11.8 Å².